The third-order valence-corrected chi connectivity index (χ3v) is 14.0. The molecule has 0 radical (unpaired) electrons. The highest BCUT2D eigenvalue weighted by Crippen LogP contribution is 2.56. The molecule has 9 aromatic carbocycles. The minimum Gasteiger partial charge on any atom is -0.360 e. The fourth-order valence-electron chi connectivity index (χ4n) is 9.60. The van der Waals surface area contributed by atoms with Crippen LogP contribution < -0.4 is 25.1 Å². The predicted molar refractivity (Wildman–Crippen MR) is 263 cm³/mol. The third-order valence-electron chi connectivity index (χ3n) is 11.7. The van der Waals surface area contributed by atoms with E-state index in [1.165, 1.54) is 84.9 Å². The Morgan fingerprint density at radius 3 is 0.716 bits per heavy atom. The van der Waals surface area contributed by atoms with Crippen LogP contribution >= 0.6 is 0 Å². The maximum atomic E-state index is 12.9. The van der Waals surface area contributed by atoms with Crippen LogP contribution in [0.4, 0.5) is 0 Å². The van der Waals surface area contributed by atoms with E-state index in [1.807, 2.05) is 0 Å². The van der Waals surface area contributed by atoms with Gasteiger partial charge in [0.25, 0.3) is 0 Å². The number of fused-ring (bicyclic) bond motifs is 17. The van der Waals surface area contributed by atoms with Crippen LogP contribution in [0.2, 0.25) is 0 Å². The van der Waals surface area contributed by atoms with Gasteiger partial charge in [0, 0.05) is 64.6 Å². The van der Waals surface area contributed by atoms with Gasteiger partial charge in [-0.1, -0.05) is 84.9 Å². The smallest absolute Gasteiger partial charge is 0.360 e. The summed E-state index contributed by atoms with van der Waals surface area (Å²) in [6.45, 7) is 0. The van der Waals surface area contributed by atoms with Crippen LogP contribution in [0.25, 0.3) is 108 Å². The first-order valence-electron chi connectivity index (χ1n) is 20.1. The Morgan fingerprint density at radius 1 is 0.243 bits per heavy atom. The molecule has 8 N–H and O–H groups in total. The molecule has 26 nitrogen and oxygen atoms in total. The van der Waals surface area contributed by atoms with Gasteiger partial charge in [-0.25, -0.2) is 0 Å². The van der Waals surface area contributed by atoms with Crippen molar-refractivity contribution in [1.82, 2.24) is 9.97 Å². The maximum Gasteiger partial charge on any atom is 0.446 e. The monoisotopic (exact) mass is 1130 g/mol. The van der Waals surface area contributed by atoms with Gasteiger partial charge in [0.05, 0.1) is 43.6 Å². The minimum absolute atomic E-state index is 0.0831. The third kappa shape index (κ3) is 8.23. The van der Waals surface area contributed by atoms with Crippen molar-refractivity contribution in [2.45, 2.75) is 0 Å². The summed E-state index contributed by atoms with van der Waals surface area (Å²) < 4.78 is 244. The highest BCUT2D eigenvalue weighted by atomic mass is 32.3. The molecule has 74 heavy (non-hydrogen) atoms. The molecule has 0 aliphatic carbocycles. The zero-order valence-electron chi connectivity index (χ0n) is 35.7. The van der Waals surface area contributed by atoms with Gasteiger partial charge >= 0.3 is 62.4 Å². The molecular formula is C42H24N2O24S6. The average molecular weight is 1130 g/mol. The highest BCUT2D eigenvalue weighted by molar-refractivity contribution is 7.82. The van der Waals surface area contributed by atoms with Gasteiger partial charge in [-0.3, -0.25) is 27.3 Å². The molecule has 0 fully saturated rings. The molecule has 0 atom stereocenters. The lowest BCUT2D eigenvalue weighted by molar-refractivity contribution is 0.385. The fraction of sp³-hybridized carbons (Fsp3) is 0. The molecule has 32 heteroatoms. The molecule has 0 aliphatic rings. The summed E-state index contributed by atoms with van der Waals surface area (Å²) in [5.74, 6) is -4.31. The molecule has 0 unspecified atom stereocenters. The Kier molecular flexibility index (Phi) is 10.5. The summed E-state index contributed by atoms with van der Waals surface area (Å²) in [5.41, 5.74) is -1.32. The van der Waals surface area contributed by atoms with E-state index in [4.69, 9.17) is 25.1 Å². The van der Waals surface area contributed by atoms with Crippen molar-refractivity contribution in [1.29, 1.82) is 0 Å². The van der Waals surface area contributed by atoms with Crippen LogP contribution in [0.1, 0.15) is 0 Å². The number of rotatable bonds is 12. The van der Waals surface area contributed by atoms with E-state index in [0.717, 1.165) is 12.1 Å². The van der Waals surface area contributed by atoms with Crippen LogP contribution in [-0.2, 0) is 62.4 Å². The first-order valence-corrected chi connectivity index (χ1v) is 28.3. The summed E-state index contributed by atoms with van der Waals surface area (Å²) in [6.07, 6.45) is 0. The number of aromatic amines is 2. The van der Waals surface area contributed by atoms with Crippen molar-refractivity contribution >= 4 is 171 Å². The molecule has 0 amide bonds. The average Bonchev–Trinajstić information content (AvgIpc) is 3.86. The first kappa shape index (κ1) is 48.7. The first-order chi connectivity index (χ1) is 34.5. The Hall–Kier alpha value is -7.60. The molecule has 2 aromatic heterocycles. The summed E-state index contributed by atoms with van der Waals surface area (Å²) in [6, 6.07) is 20.2. The topological polar surface area (TPSA) is 413 Å². The Morgan fingerprint density at radius 2 is 0.459 bits per heavy atom. The minimum atomic E-state index is -5.61. The lowest BCUT2D eigenvalue weighted by atomic mass is 9.93. The molecule has 0 saturated heterocycles. The fourth-order valence-corrected chi connectivity index (χ4v) is 11.9. The molecule has 0 spiro atoms. The Balaban J connectivity index is 1.50. The molecular weight excluding hydrogens is 1110 g/mol. The van der Waals surface area contributed by atoms with Gasteiger partial charge in [0.15, 0.2) is 34.5 Å². The van der Waals surface area contributed by atoms with E-state index < -0.39 is 118 Å². The van der Waals surface area contributed by atoms with Gasteiger partial charge < -0.3 is 35.1 Å². The number of benzene rings is 9. The van der Waals surface area contributed by atoms with Crippen LogP contribution in [0.5, 0.6) is 34.5 Å². The Labute approximate surface area is 412 Å². The van der Waals surface area contributed by atoms with Crippen LogP contribution in [0.15, 0.2) is 97.1 Å². The molecule has 0 saturated carbocycles. The number of hydrogen-bond acceptors (Lipinski definition) is 18. The molecule has 11 aromatic rings. The van der Waals surface area contributed by atoms with E-state index in [2.05, 4.69) is 9.97 Å². The van der Waals surface area contributed by atoms with Gasteiger partial charge in [-0.05, 0) is 12.1 Å². The number of nitrogens with one attached hydrogen (secondary N) is 2. The van der Waals surface area contributed by atoms with Crippen molar-refractivity contribution in [3.8, 4) is 34.5 Å². The summed E-state index contributed by atoms with van der Waals surface area (Å²) in [4.78, 5) is 6.00. The second-order valence-electron chi connectivity index (χ2n) is 16.0. The van der Waals surface area contributed by atoms with Gasteiger partial charge in [0.1, 0.15) is 0 Å². The van der Waals surface area contributed by atoms with Crippen molar-refractivity contribution in [2.24, 2.45) is 0 Å². The zero-order chi connectivity index (χ0) is 53.0. The lowest BCUT2D eigenvalue weighted by Crippen LogP contribution is -2.10. The van der Waals surface area contributed by atoms with E-state index in [1.54, 1.807) is 0 Å². The van der Waals surface area contributed by atoms with Crippen LogP contribution in [-0.4, -0.2) is 87.8 Å². The standard InChI is InChI=1S/C42H24N2O24S6/c45-69(46,47)63-37-17-7-1-3-9-19(17)39(65-71(51,52)53)29-25(37)15-13-23-27-28-24-14-16-26-30(40(66-72(54,55)56)20-10-4-2-8-18(20)38(26)64-70(48,49)50)34(24)44-36(28)32-31(35(27)43-33(23)29)41(67-73(57,58)59)21-11-5-6-12-22(21)42(32)68-74(60,61)62/h1-16,43-44H,(H,45,46,47)(H,48,49,50)(H,51,52,53)(H,54,55,56)(H,57,58,59)(H,60,61,62). The number of H-pyrrole nitrogens is 2. The maximum absolute atomic E-state index is 12.9. The highest BCUT2D eigenvalue weighted by Gasteiger charge is 2.33. The van der Waals surface area contributed by atoms with Gasteiger partial charge in [-0.2, -0.15) is 50.5 Å². The quantitative estimate of drug-likeness (QED) is 0.0452. The second kappa shape index (κ2) is 16.0. The SMILES string of the molecule is O=S(=O)(O)Oc1c2ccccc2c(OS(=O)(=O)O)c2c1ccc1c2[nH]c2c3c(OS(=O)(=O)O)c4ccccc4c(OS(=O)(=O)O)c3c3[nH]c4c(ccc5c(OS(=O)(=O)O)c6ccccc6c(OS(=O)(=O)O)c54)c3c12. The van der Waals surface area contributed by atoms with E-state index in [-0.39, 0.29) is 86.7 Å². The largest absolute Gasteiger partial charge is 0.446 e. The van der Waals surface area contributed by atoms with Crippen molar-refractivity contribution < 1.29 is 103 Å². The normalized spacial score (nSPS) is 13.4. The lowest BCUT2D eigenvalue weighted by Gasteiger charge is -2.17. The molecule has 0 bridgehead atoms. The molecule has 0 aliphatic heterocycles. The molecule has 382 valence electrons. The second-order valence-corrected chi connectivity index (χ2v) is 22.1. The Bertz CT molecular complexity index is 4810. The summed E-state index contributed by atoms with van der Waals surface area (Å²) >= 11 is 0. The van der Waals surface area contributed by atoms with Crippen molar-refractivity contribution in [2.75, 3.05) is 0 Å². The van der Waals surface area contributed by atoms with Gasteiger partial charge in [-0.15, -0.1) is 0 Å². The number of hydrogen-bond donors (Lipinski definition) is 8. The van der Waals surface area contributed by atoms with Crippen molar-refractivity contribution in [3.05, 3.63) is 97.1 Å². The van der Waals surface area contributed by atoms with Crippen molar-refractivity contribution in [3.63, 3.8) is 0 Å². The molecule has 11 rings (SSSR count). The number of aromatic nitrogens is 2. The van der Waals surface area contributed by atoms with E-state index >= 15 is 0 Å². The van der Waals surface area contributed by atoms with Gasteiger partial charge in [0.2, 0.25) is 0 Å². The zero-order valence-corrected chi connectivity index (χ0v) is 40.6. The van der Waals surface area contributed by atoms with E-state index in [9.17, 15) is 77.8 Å². The molecule has 2 heterocycles. The summed E-state index contributed by atoms with van der Waals surface area (Å²) in [7, 11) is -33.1. The predicted octanol–water partition coefficient (Wildman–Crippen LogP) is 6.96. The summed E-state index contributed by atoms with van der Waals surface area (Å²) in [5, 5.41) is -4.78. The van der Waals surface area contributed by atoms with Crippen LogP contribution in [0, 0.1) is 0 Å². The van der Waals surface area contributed by atoms with E-state index in [0.29, 0.717) is 0 Å². The van der Waals surface area contributed by atoms with Crippen LogP contribution in [0.3, 0.4) is 0 Å².